The van der Waals surface area contributed by atoms with Gasteiger partial charge in [-0.3, -0.25) is 19.7 Å². The third-order valence-electron chi connectivity index (χ3n) is 4.76. The number of hydrogen-bond acceptors (Lipinski definition) is 5. The minimum absolute atomic E-state index is 0.0218. The molecule has 3 aromatic rings. The van der Waals surface area contributed by atoms with E-state index in [-0.39, 0.29) is 15.8 Å². The molecule has 0 fully saturated rings. The van der Waals surface area contributed by atoms with Gasteiger partial charge in [0.15, 0.2) is 0 Å². The van der Waals surface area contributed by atoms with E-state index in [9.17, 15) is 19.7 Å². The van der Waals surface area contributed by atoms with E-state index < -0.39 is 10.8 Å². The first-order valence-corrected chi connectivity index (χ1v) is 9.76. The Hall–Kier alpha value is -3.26. The number of nitrogens with one attached hydrogen (secondary N) is 1. The summed E-state index contributed by atoms with van der Waals surface area (Å²) in [6.07, 6.45) is 1.90. The molecule has 1 aliphatic heterocycles. The highest BCUT2D eigenvalue weighted by atomic mass is 32.1. The van der Waals surface area contributed by atoms with Crippen LogP contribution in [0.15, 0.2) is 42.5 Å². The second-order valence-corrected chi connectivity index (χ2v) is 7.58. The highest BCUT2D eigenvalue weighted by Crippen LogP contribution is 2.41. The van der Waals surface area contributed by atoms with Crippen molar-refractivity contribution in [3.63, 3.8) is 0 Å². The van der Waals surface area contributed by atoms with E-state index in [2.05, 4.69) is 12.2 Å². The summed E-state index contributed by atoms with van der Waals surface area (Å²) in [5.41, 5.74) is 2.06. The largest absolute Gasteiger partial charge is 0.324 e. The van der Waals surface area contributed by atoms with E-state index in [1.54, 1.807) is 23.1 Å². The molecule has 0 spiro atoms. The van der Waals surface area contributed by atoms with Gasteiger partial charge in [-0.15, -0.1) is 0 Å². The van der Waals surface area contributed by atoms with Crippen molar-refractivity contribution in [3.05, 3.63) is 63.0 Å². The maximum absolute atomic E-state index is 12.8. The van der Waals surface area contributed by atoms with E-state index in [1.165, 1.54) is 12.1 Å². The molecule has 4 rings (SSSR count). The molecule has 1 N–H and O–H groups in total. The standard InChI is InChI=1S/C20H17N3O4S/c1-2-3-11-22-15-8-7-14(12-5-4-6-13(18(12)15)20(22)25)21-19(24)16-9-10-17(28-16)23(26)27/h4-10H,2-3,11H2,1H3,(H,21,24). The van der Waals surface area contributed by atoms with Gasteiger partial charge >= 0.3 is 5.00 Å². The Bertz CT molecular complexity index is 1120. The zero-order valence-corrected chi connectivity index (χ0v) is 15.9. The van der Waals surface area contributed by atoms with E-state index in [1.807, 2.05) is 12.1 Å². The summed E-state index contributed by atoms with van der Waals surface area (Å²) in [7, 11) is 0. The van der Waals surface area contributed by atoms with Crippen LogP contribution in [0.25, 0.3) is 10.8 Å². The summed E-state index contributed by atoms with van der Waals surface area (Å²) in [5, 5.41) is 15.2. The van der Waals surface area contributed by atoms with Crippen LogP contribution in [0.2, 0.25) is 0 Å². The Balaban J connectivity index is 1.70. The van der Waals surface area contributed by atoms with Crippen LogP contribution in [0.3, 0.4) is 0 Å². The smallest absolute Gasteiger partial charge is 0.321 e. The fourth-order valence-corrected chi connectivity index (χ4v) is 4.14. The number of unbranched alkanes of at least 4 members (excludes halogenated alkanes) is 1. The molecule has 0 bridgehead atoms. The summed E-state index contributed by atoms with van der Waals surface area (Å²) in [6, 6.07) is 11.8. The monoisotopic (exact) mass is 395 g/mol. The van der Waals surface area contributed by atoms with Crippen LogP contribution in [0.1, 0.15) is 39.8 Å². The van der Waals surface area contributed by atoms with Gasteiger partial charge in [-0.1, -0.05) is 36.8 Å². The van der Waals surface area contributed by atoms with Crippen molar-refractivity contribution < 1.29 is 14.5 Å². The zero-order chi connectivity index (χ0) is 19.8. The number of amides is 2. The molecule has 0 radical (unpaired) electrons. The van der Waals surface area contributed by atoms with Crippen molar-refractivity contribution >= 4 is 50.3 Å². The van der Waals surface area contributed by atoms with E-state index in [0.717, 1.165) is 40.6 Å². The van der Waals surface area contributed by atoms with Gasteiger partial charge < -0.3 is 10.2 Å². The molecule has 2 heterocycles. The summed E-state index contributed by atoms with van der Waals surface area (Å²) >= 11 is 0.829. The predicted molar refractivity (Wildman–Crippen MR) is 109 cm³/mol. The van der Waals surface area contributed by atoms with E-state index >= 15 is 0 Å². The highest BCUT2D eigenvalue weighted by molar-refractivity contribution is 7.17. The minimum atomic E-state index is -0.517. The zero-order valence-electron chi connectivity index (χ0n) is 15.1. The van der Waals surface area contributed by atoms with Crippen molar-refractivity contribution in [2.24, 2.45) is 0 Å². The van der Waals surface area contributed by atoms with Crippen molar-refractivity contribution in [1.82, 2.24) is 0 Å². The van der Waals surface area contributed by atoms with Crippen LogP contribution in [-0.2, 0) is 0 Å². The number of anilines is 2. The number of nitro groups is 1. The molecule has 142 valence electrons. The Morgan fingerprint density at radius 3 is 2.75 bits per heavy atom. The molecule has 0 saturated heterocycles. The maximum atomic E-state index is 12.8. The lowest BCUT2D eigenvalue weighted by Gasteiger charge is -2.17. The first kappa shape index (κ1) is 18.1. The van der Waals surface area contributed by atoms with Gasteiger partial charge in [0, 0.05) is 34.6 Å². The Morgan fingerprint density at radius 1 is 1.21 bits per heavy atom. The third-order valence-corrected chi connectivity index (χ3v) is 5.80. The van der Waals surface area contributed by atoms with Gasteiger partial charge in [-0.05, 0) is 30.7 Å². The first-order chi connectivity index (χ1) is 13.5. The molecule has 1 aromatic heterocycles. The van der Waals surface area contributed by atoms with Gasteiger partial charge in [0.05, 0.1) is 15.5 Å². The number of rotatable bonds is 6. The lowest BCUT2D eigenvalue weighted by Crippen LogP contribution is -2.27. The lowest BCUT2D eigenvalue weighted by molar-refractivity contribution is -0.380. The molecular formula is C20H17N3O4S. The molecule has 7 nitrogen and oxygen atoms in total. The van der Waals surface area contributed by atoms with Gasteiger partial charge in [0.1, 0.15) is 0 Å². The maximum Gasteiger partial charge on any atom is 0.324 e. The number of nitrogens with zero attached hydrogens (tertiary/aromatic N) is 2. The molecule has 1 aliphatic rings. The molecule has 28 heavy (non-hydrogen) atoms. The van der Waals surface area contributed by atoms with Crippen LogP contribution in [-0.4, -0.2) is 23.3 Å². The Labute approximate surface area is 164 Å². The van der Waals surface area contributed by atoms with Crippen LogP contribution < -0.4 is 10.2 Å². The second kappa shape index (κ2) is 7.05. The van der Waals surface area contributed by atoms with Crippen LogP contribution in [0.4, 0.5) is 16.4 Å². The minimum Gasteiger partial charge on any atom is -0.321 e. The summed E-state index contributed by atoms with van der Waals surface area (Å²) in [6.45, 7) is 2.74. The topological polar surface area (TPSA) is 92.6 Å². The predicted octanol–water partition coefficient (Wildman–Crippen LogP) is 4.82. The van der Waals surface area contributed by atoms with Gasteiger partial charge in [-0.25, -0.2) is 0 Å². The highest BCUT2D eigenvalue weighted by Gasteiger charge is 2.30. The molecule has 0 atom stereocenters. The van der Waals surface area contributed by atoms with Crippen LogP contribution in [0, 0.1) is 10.1 Å². The number of carbonyl (C=O) groups excluding carboxylic acids is 2. The quantitative estimate of drug-likeness (QED) is 0.478. The van der Waals surface area contributed by atoms with Crippen molar-refractivity contribution in [2.45, 2.75) is 19.8 Å². The molecule has 8 heteroatoms. The lowest BCUT2D eigenvalue weighted by atomic mass is 10.0. The fraction of sp³-hybridized carbons (Fsp3) is 0.200. The fourth-order valence-electron chi connectivity index (χ4n) is 3.43. The average molecular weight is 395 g/mol. The summed E-state index contributed by atoms with van der Waals surface area (Å²) in [5.74, 6) is -0.433. The van der Waals surface area contributed by atoms with Gasteiger partial charge in [0.2, 0.25) is 0 Å². The van der Waals surface area contributed by atoms with E-state index in [0.29, 0.717) is 17.8 Å². The average Bonchev–Trinajstić information content (AvgIpc) is 3.28. The van der Waals surface area contributed by atoms with Gasteiger partial charge in [0.25, 0.3) is 11.8 Å². The van der Waals surface area contributed by atoms with Crippen LogP contribution >= 0.6 is 11.3 Å². The van der Waals surface area contributed by atoms with Crippen molar-refractivity contribution in [1.29, 1.82) is 0 Å². The number of benzene rings is 2. The first-order valence-electron chi connectivity index (χ1n) is 8.94. The van der Waals surface area contributed by atoms with E-state index in [4.69, 9.17) is 0 Å². The number of carbonyl (C=O) groups is 2. The SMILES string of the molecule is CCCCN1C(=O)c2cccc3c(NC(=O)c4ccc([N+](=O)[O-])s4)ccc1c23. The van der Waals surface area contributed by atoms with Crippen molar-refractivity contribution in [2.75, 3.05) is 16.8 Å². The van der Waals surface area contributed by atoms with Gasteiger partial charge in [-0.2, -0.15) is 0 Å². The van der Waals surface area contributed by atoms with Crippen LogP contribution in [0.5, 0.6) is 0 Å². The number of hydrogen-bond donors (Lipinski definition) is 1. The second-order valence-electron chi connectivity index (χ2n) is 6.52. The molecule has 0 aliphatic carbocycles. The molecule has 2 amide bonds. The molecule has 0 unspecified atom stereocenters. The molecule has 0 saturated carbocycles. The summed E-state index contributed by atoms with van der Waals surface area (Å²) in [4.78, 5) is 37.7. The normalized spacial score (nSPS) is 12.6. The third kappa shape index (κ3) is 2.91. The Morgan fingerprint density at radius 2 is 2.04 bits per heavy atom. The Kier molecular flexibility index (Phi) is 4.56. The molecular weight excluding hydrogens is 378 g/mol. The molecule has 2 aromatic carbocycles. The number of thiophene rings is 1. The van der Waals surface area contributed by atoms with Crippen molar-refractivity contribution in [3.8, 4) is 0 Å². The summed E-state index contributed by atoms with van der Waals surface area (Å²) < 4.78 is 0.